The number of rotatable bonds is 14. The van der Waals surface area contributed by atoms with E-state index in [4.69, 9.17) is 14.6 Å². The van der Waals surface area contributed by atoms with E-state index in [1.807, 2.05) is 95.7 Å². The maximum absolute atomic E-state index is 11.3. The monoisotopic (exact) mass is 718 g/mol. The summed E-state index contributed by atoms with van der Waals surface area (Å²) in [6.07, 6.45) is 4.09. The SMILES string of the molecule is COC(=O)Cc1csc(Nc2ncccc2OCc2ccccc2)n1.Cl.OCCc1csc(Nc2ncccc2OCc2ccccc2)n1. The fourth-order valence-corrected chi connectivity index (χ4v) is 5.59. The number of carbonyl (C=O) groups is 1. The number of nitrogens with zero attached hydrogens (tertiary/aromatic N) is 4. The highest BCUT2D eigenvalue weighted by Gasteiger charge is 2.11. The molecule has 0 unspecified atom stereocenters. The van der Waals surface area contributed by atoms with Gasteiger partial charge in [-0.1, -0.05) is 60.7 Å². The molecule has 2 aromatic carbocycles. The summed E-state index contributed by atoms with van der Waals surface area (Å²) in [6.45, 7) is 1.03. The molecule has 0 fully saturated rings. The van der Waals surface area contributed by atoms with Crippen LogP contribution in [0.25, 0.3) is 0 Å². The van der Waals surface area contributed by atoms with Gasteiger partial charge in [-0.3, -0.25) is 4.79 Å². The molecule has 0 amide bonds. The van der Waals surface area contributed by atoms with Gasteiger partial charge in [0.15, 0.2) is 33.4 Å². The molecule has 0 spiro atoms. The second-order valence-corrected chi connectivity index (χ2v) is 11.7. The lowest BCUT2D eigenvalue weighted by Gasteiger charge is -2.10. The highest BCUT2D eigenvalue weighted by atomic mass is 35.5. The third-order valence-electron chi connectivity index (χ3n) is 6.49. The minimum atomic E-state index is -0.318. The Kier molecular flexibility index (Phi) is 14.8. The van der Waals surface area contributed by atoms with Crippen LogP contribution in [0.5, 0.6) is 11.5 Å². The van der Waals surface area contributed by atoms with Gasteiger partial charge in [-0.2, -0.15) is 0 Å². The van der Waals surface area contributed by atoms with E-state index in [-0.39, 0.29) is 31.4 Å². The summed E-state index contributed by atoms with van der Waals surface area (Å²) >= 11 is 2.87. The fourth-order valence-electron chi connectivity index (χ4n) is 4.13. The van der Waals surface area contributed by atoms with Crippen LogP contribution in [-0.2, 0) is 35.6 Å². The van der Waals surface area contributed by atoms with Crippen LogP contribution in [0.1, 0.15) is 22.5 Å². The molecule has 0 aliphatic heterocycles. The van der Waals surface area contributed by atoms with Gasteiger partial charge in [0, 0.05) is 36.2 Å². The van der Waals surface area contributed by atoms with Gasteiger partial charge in [0.2, 0.25) is 0 Å². The van der Waals surface area contributed by atoms with Crippen molar-refractivity contribution in [1.29, 1.82) is 0 Å². The van der Waals surface area contributed by atoms with Gasteiger partial charge in [-0.25, -0.2) is 19.9 Å². The van der Waals surface area contributed by atoms with Crippen molar-refractivity contribution in [3.05, 3.63) is 131 Å². The standard InChI is InChI=1S/C18H17N3O3S.C17H17N3O2S.ClH/c1-23-16(22)10-14-12-25-18(20-14)21-17-15(8-5-9-19-17)24-11-13-6-3-2-4-7-13;21-10-8-14-12-23-17(19-14)20-16-15(7-4-9-18-16)22-11-13-5-2-1-3-6-13;/h2-9,12H,10-11H2,1H3,(H,19,20,21);1-7,9,12,21H,8,10-11H2,(H,18,19,20);1H. The lowest BCUT2D eigenvalue weighted by Crippen LogP contribution is -2.05. The number of pyridine rings is 2. The number of nitrogens with one attached hydrogen (secondary N) is 2. The molecule has 254 valence electrons. The Hall–Kier alpha value is -5.08. The smallest absolute Gasteiger partial charge is 0.311 e. The summed E-state index contributed by atoms with van der Waals surface area (Å²) < 4.78 is 16.4. The van der Waals surface area contributed by atoms with Crippen molar-refractivity contribution in [3.8, 4) is 11.5 Å². The number of carbonyl (C=O) groups excluding carboxylic acids is 1. The van der Waals surface area contributed by atoms with Crippen molar-refractivity contribution in [2.45, 2.75) is 26.1 Å². The Balaban J connectivity index is 0.000000217. The minimum absolute atomic E-state index is 0. The maximum atomic E-state index is 11.3. The number of hydrogen-bond donors (Lipinski definition) is 3. The Morgan fingerprint density at radius 1 is 0.714 bits per heavy atom. The molecule has 0 saturated carbocycles. The summed E-state index contributed by atoms with van der Waals surface area (Å²) in [6, 6.07) is 27.3. The first kappa shape index (κ1) is 36.8. The lowest BCUT2D eigenvalue weighted by molar-refractivity contribution is -0.139. The van der Waals surface area contributed by atoms with Crippen molar-refractivity contribution in [3.63, 3.8) is 0 Å². The third-order valence-corrected chi connectivity index (χ3v) is 8.10. The van der Waals surface area contributed by atoms with E-state index in [2.05, 4.69) is 35.3 Å². The van der Waals surface area contributed by atoms with Gasteiger partial charge >= 0.3 is 5.97 Å². The first-order chi connectivity index (χ1) is 23.6. The predicted molar refractivity (Wildman–Crippen MR) is 195 cm³/mol. The molecular formula is C35H35ClN6O5S2. The molecular weight excluding hydrogens is 684 g/mol. The summed E-state index contributed by atoms with van der Waals surface area (Å²) in [4.78, 5) is 28.7. The molecule has 4 heterocycles. The number of ether oxygens (including phenoxy) is 3. The first-order valence-corrected chi connectivity index (χ1v) is 16.7. The summed E-state index contributed by atoms with van der Waals surface area (Å²) in [7, 11) is 1.36. The van der Waals surface area contributed by atoms with Crippen LogP contribution in [0.2, 0.25) is 0 Å². The number of esters is 1. The summed E-state index contributed by atoms with van der Waals surface area (Å²) in [5.74, 6) is 2.21. The van der Waals surface area contributed by atoms with Crippen molar-refractivity contribution in [2.75, 3.05) is 24.4 Å². The number of thiazole rings is 2. The van der Waals surface area contributed by atoms with Gasteiger partial charge in [-0.15, -0.1) is 35.1 Å². The maximum Gasteiger partial charge on any atom is 0.311 e. The second kappa shape index (κ2) is 19.7. The Morgan fingerprint density at radius 3 is 1.69 bits per heavy atom. The number of methoxy groups -OCH3 is 1. The zero-order valence-electron chi connectivity index (χ0n) is 26.5. The number of aromatic nitrogens is 4. The van der Waals surface area contributed by atoms with Crippen LogP contribution in [0, 0.1) is 0 Å². The quantitative estimate of drug-likeness (QED) is 0.0971. The molecule has 49 heavy (non-hydrogen) atoms. The highest BCUT2D eigenvalue weighted by Crippen LogP contribution is 2.29. The van der Waals surface area contributed by atoms with Crippen molar-refractivity contribution >= 4 is 62.9 Å². The average Bonchev–Trinajstić information content (AvgIpc) is 3.77. The topological polar surface area (TPSA) is 141 Å². The molecule has 0 radical (unpaired) electrons. The second-order valence-electron chi connectivity index (χ2n) is 10.0. The van der Waals surface area contributed by atoms with E-state index >= 15 is 0 Å². The van der Waals surface area contributed by atoms with Crippen molar-refractivity contribution in [1.82, 2.24) is 19.9 Å². The Bertz CT molecular complexity index is 1860. The fraction of sp³-hybridized carbons (Fsp3) is 0.171. The van der Waals surface area contributed by atoms with E-state index in [0.717, 1.165) is 22.0 Å². The highest BCUT2D eigenvalue weighted by molar-refractivity contribution is 7.14. The van der Waals surface area contributed by atoms with Gasteiger partial charge in [0.05, 0.1) is 24.9 Å². The number of anilines is 4. The first-order valence-electron chi connectivity index (χ1n) is 14.9. The molecule has 0 atom stereocenters. The van der Waals surface area contributed by atoms with Crippen LogP contribution in [0.15, 0.2) is 108 Å². The molecule has 0 saturated heterocycles. The number of benzene rings is 2. The van der Waals surface area contributed by atoms with Gasteiger partial charge < -0.3 is 30.0 Å². The van der Waals surface area contributed by atoms with Gasteiger partial charge in [-0.05, 0) is 35.4 Å². The van der Waals surface area contributed by atoms with Crippen LogP contribution >= 0.6 is 35.1 Å². The van der Waals surface area contributed by atoms with Gasteiger partial charge in [0.1, 0.15) is 13.2 Å². The third kappa shape index (κ3) is 11.8. The van der Waals surface area contributed by atoms with Crippen LogP contribution in [-0.4, -0.2) is 44.7 Å². The molecule has 3 N–H and O–H groups in total. The Labute approximate surface area is 298 Å². The Morgan fingerprint density at radius 2 is 1.20 bits per heavy atom. The van der Waals surface area contributed by atoms with Gasteiger partial charge in [0.25, 0.3) is 0 Å². The van der Waals surface area contributed by atoms with E-state index in [0.29, 0.717) is 53.6 Å². The zero-order valence-corrected chi connectivity index (χ0v) is 29.0. The van der Waals surface area contributed by atoms with E-state index < -0.39 is 0 Å². The van der Waals surface area contributed by atoms with Crippen LogP contribution < -0.4 is 20.1 Å². The molecule has 0 bridgehead atoms. The van der Waals surface area contributed by atoms with Crippen LogP contribution in [0.3, 0.4) is 0 Å². The van der Waals surface area contributed by atoms with E-state index in [1.54, 1.807) is 12.4 Å². The number of aliphatic hydroxyl groups is 1. The number of aliphatic hydroxyl groups excluding tert-OH is 1. The zero-order chi connectivity index (χ0) is 33.4. The van der Waals surface area contributed by atoms with Crippen LogP contribution in [0.4, 0.5) is 21.9 Å². The van der Waals surface area contributed by atoms with Crippen molar-refractivity contribution < 1.29 is 24.1 Å². The van der Waals surface area contributed by atoms with E-state index in [1.165, 1.54) is 29.8 Å². The number of halogens is 1. The van der Waals surface area contributed by atoms with E-state index in [9.17, 15) is 4.79 Å². The molecule has 0 aliphatic rings. The largest absolute Gasteiger partial charge is 0.485 e. The molecule has 11 nitrogen and oxygen atoms in total. The average molecular weight is 719 g/mol. The molecule has 4 aromatic heterocycles. The number of hydrogen-bond acceptors (Lipinski definition) is 13. The normalized spacial score (nSPS) is 10.2. The summed E-state index contributed by atoms with van der Waals surface area (Å²) in [5, 5.41) is 20.4. The molecule has 6 rings (SSSR count). The van der Waals surface area contributed by atoms with Crippen molar-refractivity contribution in [2.24, 2.45) is 0 Å². The predicted octanol–water partition coefficient (Wildman–Crippen LogP) is 7.39. The minimum Gasteiger partial charge on any atom is -0.485 e. The lowest BCUT2D eigenvalue weighted by atomic mass is 10.2. The molecule has 6 aromatic rings. The molecule has 14 heteroatoms. The summed E-state index contributed by atoms with van der Waals surface area (Å²) in [5.41, 5.74) is 3.69. The molecule has 0 aliphatic carbocycles.